The van der Waals surface area contributed by atoms with Crippen LogP contribution in [0.3, 0.4) is 0 Å². The zero-order valence-electron chi connectivity index (χ0n) is 18.3. The average Bonchev–Trinajstić information content (AvgIpc) is 3.50. The Kier molecular flexibility index (Phi) is 4.82. The number of para-hydroxylation sites is 1. The van der Waals surface area contributed by atoms with Crippen LogP contribution in [-0.4, -0.2) is 38.9 Å². The van der Waals surface area contributed by atoms with E-state index in [1.165, 1.54) is 12.1 Å². The number of hydrogen-bond donors (Lipinski definition) is 2. The number of benzene rings is 2. The van der Waals surface area contributed by atoms with E-state index < -0.39 is 9.84 Å². The zero-order valence-corrected chi connectivity index (χ0v) is 19.1. The second-order valence-corrected chi connectivity index (χ2v) is 9.88. The molecule has 3 heterocycles. The summed E-state index contributed by atoms with van der Waals surface area (Å²) in [6.45, 7) is 1.98. The largest absolute Gasteiger partial charge is 0.347 e. The fraction of sp³-hybridized carbons (Fsp3) is 0.174. The van der Waals surface area contributed by atoms with Crippen LogP contribution < -0.4 is 5.32 Å². The first-order valence-electron chi connectivity index (χ1n) is 10.3. The molecule has 5 rings (SSSR count). The van der Waals surface area contributed by atoms with Gasteiger partial charge >= 0.3 is 0 Å². The fourth-order valence-electron chi connectivity index (χ4n) is 4.10. The van der Waals surface area contributed by atoms with E-state index in [2.05, 4.69) is 20.6 Å². The van der Waals surface area contributed by atoms with Crippen LogP contribution in [0, 0.1) is 6.92 Å². The summed E-state index contributed by atoms with van der Waals surface area (Å²) < 4.78 is 30.1. The molecule has 0 spiro atoms. The van der Waals surface area contributed by atoms with Gasteiger partial charge in [0.05, 0.1) is 33.2 Å². The standard InChI is InChI=1S/C23H22N6O3S/c1-14-21(33(31,32)18-7-8-19-17(9-18)12-25-27-19)10-20(28(14)2)23(30)24-11-15-5-4-6-16-13-26-29(3)22(15)16/h4-10,12-13H,11H2,1-3H3,(H,24,30)(H,25,27). The molecule has 0 aliphatic rings. The van der Waals surface area contributed by atoms with Crippen LogP contribution >= 0.6 is 0 Å². The van der Waals surface area contributed by atoms with Gasteiger partial charge in [0.1, 0.15) is 5.69 Å². The normalized spacial score (nSPS) is 12.0. The summed E-state index contributed by atoms with van der Waals surface area (Å²) in [7, 11) is -0.284. The van der Waals surface area contributed by atoms with Crippen molar-refractivity contribution < 1.29 is 13.2 Å². The fourth-order valence-corrected chi connectivity index (χ4v) is 5.68. The molecular formula is C23H22N6O3S. The van der Waals surface area contributed by atoms with Gasteiger partial charge in [-0.3, -0.25) is 14.6 Å². The summed E-state index contributed by atoms with van der Waals surface area (Å²) in [6.07, 6.45) is 3.35. The highest BCUT2D eigenvalue weighted by Gasteiger charge is 2.26. The number of sulfone groups is 1. The lowest BCUT2D eigenvalue weighted by atomic mass is 10.1. The molecule has 5 aromatic rings. The van der Waals surface area contributed by atoms with Crippen molar-refractivity contribution in [3.05, 3.63) is 71.8 Å². The molecule has 2 aromatic carbocycles. The first-order chi connectivity index (χ1) is 15.8. The first-order valence-corrected chi connectivity index (χ1v) is 11.8. The molecule has 10 heteroatoms. The van der Waals surface area contributed by atoms with E-state index in [0.717, 1.165) is 22.0 Å². The van der Waals surface area contributed by atoms with Crippen molar-refractivity contribution in [2.24, 2.45) is 14.1 Å². The molecule has 0 radical (unpaired) electrons. The number of nitrogens with zero attached hydrogens (tertiary/aromatic N) is 4. The van der Waals surface area contributed by atoms with Gasteiger partial charge in [-0.05, 0) is 36.8 Å². The Labute approximate surface area is 189 Å². The predicted molar refractivity (Wildman–Crippen MR) is 124 cm³/mol. The van der Waals surface area contributed by atoms with E-state index in [-0.39, 0.29) is 21.4 Å². The van der Waals surface area contributed by atoms with E-state index >= 15 is 0 Å². The van der Waals surface area contributed by atoms with Crippen molar-refractivity contribution in [1.82, 2.24) is 29.9 Å². The number of rotatable bonds is 5. The summed E-state index contributed by atoms with van der Waals surface area (Å²) in [5.74, 6) is -0.355. The molecule has 0 bridgehead atoms. The number of aromatic amines is 1. The van der Waals surface area contributed by atoms with Crippen molar-refractivity contribution in [2.45, 2.75) is 23.3 Å². The van der Waals surface area contributed by atoms with Crippen LogP contribution in [0.5, 0.6) is 0 Å². The number of carbonyl (C=O) groups excluding carboxylic acids is 1. The Bertz CT molecular complexity index is 1640. The lowest BCUT2D eigenvalue weighted by Gasteiger charge is -2.09. The molecule has 0 saturated heterocycles. The number of H-pyrrole nitrogens is 1. The molecule has 33 heavy (non-hydrogen) atoms. The minimum absolute atomic E-state index is 0.103. The average molecular weight is 463 g/mol. The van der Waals surface area contributed by atoms with Crippen molar-refractivity contribution in [3.63, 3.8) is 0 Å². The number of nitrogens with one attached hydrogen (secondary N) is 2. The second kappa shape index (κ2) is 7.59. The highest BCUT2D eigenvalue weighted by atomic mass is 32.2. The summed E-state index contributed by atoms with van der Waals surface area (Å²) in [5.41, 5.74) is 3.38. The van der Waals surface area contributed by atoms with Gasteiger partial charge in [-0.15, -0.1) is 0 Å². The van der Waals surface area contributed by atoms with Crippen molar-refractivity contribution >= 4 is 37.6 Å². The minimum Gasteiger partial charge on any atom is -0.347 e. The summed E-state index contributed by atoms with van der Waals surface area (Å²) in [4.78, 5) is 13.3. The topological polar surface area (TPSA) is 115 Å². The van der Waals surface area contributed by atoms with E-state index in [1.54, 1.807) is 47.7 Å². The van der Waals surface area contributed by atoms with Crippen molar-refractivity contribution in [3.8, 4) is 0 Å². The smallest absolute Gasteiger partial charge is 0.268 e. The maximum Gasteiger partial charge on any atom is 0.268 e. The highest BCUT2D eigenvalue weighted by Crippen LogP contribution is 2.28. The molecule has 9 nitrogen and oxygen atoms in total. The van der Waals surface area contributed by atoms with Crippen molar-refractivity contribution in [1.29, 1.82) is 0 Å². The summed E-state index contributed by atoms with van der Waals surface area (Å²) in [6, 6.07) is 12.0. The Morgan fingerprint density at radius 2 is 1.91 bits per heavy atom. The molecule has 0 aliphatic heterocycles. The van der Waals surface area contributed by atoms with E-state index in [0.29, 0.717) is 17.6 Å². The third-order valence-electron chi connectivity index (χ3n) is 6.02. The van der Waals surface area contributed by atoms with Crippen LogP contribution in [0.4, 0.5) is 0 Å². The molecule has 168 valence electrons. The molecule has 2 N–H and O–H groups in total. The molecule has 0 aliphatic carbocycles. The van der Waals surface area contributed by atoms with Gasteiger partial charge in [-0.25, -0.2) is 8.42 Å². The lowest BCUT2D eigenvalue weighted by Crippen LogP contribution is -2.25. The van der Waals surface area contributed by atoms with Gasteiger partial charge < -0.3 is 9.88 Å². The third-order valence-corrected chi connectivity index (χ3v) is 7.88. The van der Waals surface area contributed by atoms with Crippen LogP contribution in [0.2, 0.25) is 0 Å². The van der Waals surface area contributed by atoms with Crippen molar-refractivity contribution in [2.75, 3.05) is 0 Å². The van der Waals surface area contributed by atoms with Gasteiger partial charge in [0.25, 0.3) is 5.91 Å². The number of hydrogen-bond acceptors (Lipinski definition) is 5. The Balaban J connectivity index is 1.45. The monoisotopic (exact) mass is 462 g/mol. The maximum atomic E-state index is 13.4. The molecular weight excluding hydrogens is 440 g/mol. The molecule has 0 fully saturated rings. The molecule has 0 saturated carbocycles. The lowest BCUT2D eigenvalue weighted by molar-refractivity contribution is 0.0942. The van der Waals surface area contributed by atoms with Gasteiger partial charge in [0.15, 0.2) is 0 Å². The van der Waals surface area contributed by atoms with Crippen LogP contribution in [0.25, 0.3) is 21.8 Å². The Hall–Kier alpha value is -3.92. The summed E-state index contributed by atoms with van der Waals surface area (Å²) in [5, 5.41) is 15.6. The predicted octanol–water partition coefficient (Wildman–Crippen LogP) is 2.86. The molecule has 1 amide bonds. The number of aryl methyl sites for hydroxylation is 1. The maximum absolute atomic E-state index is 13.4. The zero-order chi connectivity index (χ0) is 23.3. The van der Waals surface area contributed by atoms with E-state index in [1.807, 2.05) is 25.2 Å². The molecule has 3 aromatic heterocycles. The highest BCUT2D eigenvalue weighted by molar-refractivity contribution is 7.91. The quantitative estimate of drug-likeness (QED) is 0.417. The van der Waals surface area contributed by atoms with Gasteiger partial charge in [0.2, 0.25) is 9.84 Å². The van der Waals surface area contributed by atoms with E-state index in [9.17, 15) is 13.2 Å². The number of carbonyl (C=O) groups is 1. The van der Waals surface area contributed by atoms with Gasteiger partial charge in [-0.1, -0.05) is 18.2 Å². The molecule has 0 atom stereocenters. The first kappa shape index (κ1) is 21.0. The van der Waals surface area contributed by atoms with Gasteiger partial charge in [-0.2, -0.15) is 10.2 Å². The Morgan fingerprint density at radius 1 is 1.09 bits per heavy atom. The third kappa shape index (κ3) is 3.39. The number of fused-ring (bicyclic) bond motifs is 2. The van der Waals surface area contributed by atoms with Crippen LogP contribution in [0.15, 0.2) is 64.6 Å². The Morgan fingerprint density at radius 3 is 2.73 bits per heavy atom. The van der Waals surface area contributed by atoms with E-state index in [4.69, 9.17) is 0 Å². The second-order valence-electron chi connectivity index (χ2n) is 7.97. The SMILES string of the molecule is Cc1c(S(=O)(=O)c2ccc3[nH]ncc3c2)cc(C(=O)NCc2cccc3cnn(C)c23)n1C. The van der Waals surface area contributed by atoms with Crippen LogP contribution in [-0.2, 0) is 30.5 Å². The van der Waals surface area contributed by atoms with Crippen LogP contribution in [0.1, 0.15) is 21.7 Å². The minimum atomic E-state index is -3.82. The number of amides is 1. The molecule has 0 unspecified atom stereocenters. The number of aromatic nitrogens is 5. The van der Waals surface area contributed by atoms with Gasteiger partial charge in [0, 0.05) is 37.1 Å². The summed E-state index contributed by atoms with van der Waals surface area (Å²) >= 11 is 0.